The van der Waals surface area contributed by atoms with Crippen LogP contribution < -0.4 is 5.17 Å². The zero-order valence-corrected chi connectivity index (χ0v) is 9.67. The quantitative estimate of drug-likeness (QED) is 0.360. The molecule has 0 aliphatic heterocycles. The number of hydrogen-bond donors (Lipinski definition) is 1. The standard InChI is InChI=1S/C6H6N2O3.C6H4O2.Al.3H/c9-7(8(10)11)6-4-2-1-3-5-6;7-5-1-2-6(8)4-3-5;;;;/h1-5,9H;1-4H;;;;. The summed E-state index contributed by atoms with van der Waals surface area (Å²) in [6.07, 6.45) is 5.01. The third-order valence-electron chi connectivity index (χ3n) is 1.97. The van der Waals surface area contributed by atoms with Crippen molar-refractivity contribution < 1.29 is 19.8 Å². The predicted octanol–water partition coefficient (Wildman–Crippen LogP) is 0.141. The van der Waals surface area contributed by atoms with Crippen LogP contribution in [0.4, 0.5) is 5.69 Å². The van der Waals surface area contributed by atoms with Crippen molar-refractivity contribution in [3.8, 4) is 0 Å². The summed E-state index contributed by atoms with van der Waals surface area (Å²) in [5.41, 5.74) is 0.137. The highest BCUT2D eigenvalue weighted by Crippen LogP contribution is 2.09. The third-order valence-corrected chi connectivity index (χ3v) is 1.97. The van der Waals surface area contributed by atoms with E-state index in [4.69, 9.17) is 5.21 Å². The fraction of sp³-hybridized carbons (Fsp3) is 0. The Bertz CT molecular complexity index is 504. The molecule has 0 bridgehead atoms. The monoisotopic (exact) mass is 292 g/mol. The van der Waals surface area contributed by atoms with Crippen LogP contribution in [0.15, 0.2) is 54.6 Å². The lowest BCUT2D eigenvalue weighted by Gasteiger charge is -2.03. The summed E-state index contributed by atoms with van der Waals surface area (Å²) in [5, 5.41) is 17.8. The van der Waals surface area contributed by atoms with Gasteiger partial charge in [0.25, 0.3) is 0 Å². The van der Waals surface area contributed by atoms with Crippen LogP contribution in [0.25, 0.3) is 0 Å². The van der Waals surface area contributed by atoms with Gasteiger partial charge >= 0.3 is 0 Å². The second kappa shape index (κ2) is 8.77. The van der Waals surface area contributed by atoms with Crippen LogP contribution >= 0.6 is 0 Å². The van der Waals surface area contributed by atoms with Crippen LogP contribution in [-0.2, 0) is 9.59 Å². The molecule has 1 aliphatic rings. The maximum absolute atomic E-state index is 10.3. The van der Waals surface area contributed by atoms with E-state index < -0.39 is 5.03 Å². The first-order valence-corrected chi connectivity index (χ1v) is 5.13. The van der Waals surface area contributed by atoms with Gasteiger partial charge in [0.15, 0.2) is 34.0 Å². The Kier molecular flexibility index (Phi) is 7.77. The van der Waals surface area contributed by atoms with Crippen LogP contribution in [0.3, 0.4) is 0 Å². The SMILES string of the molecule is O=C1C=CC(=O)C=C1.O=[N+]([O-])N(O)c1ccccc1.[AlH3]. The first-order chi connectivity index (χ1) is 9.00. The predicted molar refractivity (Wildman–Crippen MR) is 75.9 cm³/mol. The third kappa shape index (κ3) is 6.06. The highest BCUT2D eigenvalue weighted by atomic mass is 27.0. The molecule has 0 aromatic heterocycles. The number of anilines is 1. The van der Waals surface area contributed by atoms with Gasteiger partial charge in [-0.25, -0.2) is 15.3 Å². The summed E-state index contributed by atoms with van der Waals surface area (Å²) in [6.45, 7) is 0. The van der Waals surface area contributed by atoms with Crippen molar-refractivity contribution in [2.24, 2.45) is 0 Å². The van der Waals surface area contributed by atoms with Crippen molar-refractivity contribution >= 4 is 34.6 Å². The molecule has 7 nitrogen and oxygen atoms in total. The van der Waals surface area contributed by atoms with E-state index in [1.165, 1.54) is 36.4 Å². The topological polar surface area (TPSA) is 101 Å². The van der Waals surface area contributed by atoms with Gasteiger partial charge in [0.1, 0.15) is 5.69 Å². The summed E-state index contributed by atoms with van der Waals surface area (Å²) in [6, 6.07) is 7.77. The Morgan fingerprint density at radius 3 is 1.70 bits per heavy atom. The molecule has 2 rings (SSSR count). The minimum atomic E-state index is -0.907. The van der Waals surface area contributed by atoms with E-state index in [9.17, 15) is 19.7 Å². The molecule has 1 aromatic carbocycles. The molecule has 0 amide bonds. The van der Waals surface area contributed by atoms with Crippen LogP contribution in [0.2, 0.25) is 0 Å². The maximum Gasteiger partial charge on any atom is 0.192 e. The number of allylic oxidation sites excluding steroid dienone is 4. The van der Waals surface area contributed by atoms with Gasteiger partial charge in [0.05, 0.1) is 0 Å². The van der Waals surface area contributed by atoms with Gasteiger partial charge in [-0.2, -0.15) is 0 Å². The molecular weight excluding hydrogens is 279 g/mol. The van der Waals surface area contributed by atoms with E-state index in [-0.39, 0.29) is 39.8 Å². The number of para-hydroxylation sites is 1. The highest BCUT2D eigenvalue weighted by Gasteiger charge is 2.11. The molecule has 0 radical (unpaired) electrons. The molecule has 0 unspecified atom stereocenters. The Morgan fingerprint density at radius 2 is 1.35 bits per heavy atom. The first-order valence-electron chi connectivity index (χ1n) is 5.13. The molecular formula is C12H13AlN2O5. The molecule has 0 atom stereocenters. The number of nitrogens with zero attached hydrogens (tertiary/aromatic N) is 2. The second-order valence-electron chi connectivity index (χ2n) is 3.33. The van der Waals surface area contributed by atoms with Gasteiger partial charge in [0.2, 0.25) is 0 Å². The number of ketones is 2. The molecule has 1 aromatic rings. The number of nitro groups is 1. The second-order valence-corrected chi connectivity index (χ2v) is 3.33. The maximum atomic E-state index is 10.3. The van der Waals surface area contributed by atoms with E-state index in [0.29, 0.717) is 0 Å². The van der Waals surface area contributed by atoms with Gasteiger partial charge < -0.3 is 0 Å². The highest BCUT2D eigenvalue weighted by molar-refractivity contribution is 6.14. The average Bonchev–Trinajstić information content (AvgIpc) is 2.43. The van der Waals surface area contributed by atoms with Crippen molar-refractivity contribution in [1.29, 1.82) is 0 Å². The molecule has 1 N–H and O–H groups in total. The van der Waals surface area contributed by atoms with Crippen molar-refractivity contribution in [1.82, 2.24) is 0 Å². The summed E-state index contributed by atoms with van der Waals surface area (Å²) in [7, 11) is 0. The van der Waals surface area contributed by atoms with Gasteiger partial charge in [-0.05, 0) is 36.4 Å². The largest absolute Gasteiger partial charge is 0.290 e. The first kappa shape index (κ1) is 17.7. The van der Waals surface area contributed by atoms with Crippen molar-refractivity contribution in [2.75, 3.05) is 5.17 Å². The lowest BCUT2D eigenvalue weighted by molar-refractivity contribution is -0.541. The van der Waals surface area contributed by atoms with Crippen LogP contribution in [0.5, 0.6) is 0 Å². The van der Waals surface area contributed by atoms with Gasteiger partial charge in [0, 0.05) is 5.17 Å². The molecule has 8 heteroatoms. The lowest BCUT2D eigenvalue weighted by atomic mass is 10.2. The van der Waals surface area contributed by atoms with Gasteiger partial charge in [-0.3, -0.25) is 9.59 Å². The Morgan fingerprint density at radius 1 is 0.950 bits per heavy atom. The normalized spacial score (nSPS) is 12.1. The Labute approximate surface area is 125 Å². The number of benzene rings is 1. The van der Waals surface area contributed by atoms with Crippen LogP contribution in [0, 0.1) is 10.1 Å². The van der Waals surface area contributed by atoms with E-state index in [1.807, 2.05) is 0 Å². The Hall–Kier alpha value is -2.27. The summed E-state index contributed by atoms with van der Waals surface area (Å²) in [4.78, 5) is 30.5. The molecule has 0 saturated carbocycles. The number of hydrogen-bond acceptors (Lipinski definition) is 5. The van der Waals surface area contributed by atoms with Crippen molar-refractivity contribution in [3.05, 3.63) is 64.8 Å². The molecule has 0 saturated heterocycles. The van der Waals surface area contributed by atoms with E-state index in [1.54, 1.807) is 18.2 Å². The van der Waals surface area contributed by atoms with Gasteiger partial charge in [-0.1, -0.05) is 18.2 Å². The number of carbonyl (C=O) groups is 2. The van der Waals surface area contributed by atoms with E-state index >= 15 is 0 Å². The summed E-state index contributed by atoms with van der Waals surface area (Å²) < 4.78 is 0. The van der Waals surface area contributed by atoms with E-state index in [0.717, 1.165) is 0 Å². The molecule has 0 heterocycles. The Balaban J connectivity index is 0.000000359. The fourth-order valence-corrected chi connectivity index (χ4v) is 1.10. The minimum Gasteiger partial charge on any atom is -0.290 e. The average molecular weight is 292 g/mol. The molecule has 0 fully saturated rings. The molecule has 0 spiro atoms. The van der Waals surface area contributed by atoms with Crippen molar-refractivity contribution in [3.63, 3.8) is 0 Å². The zero-order chi connectivity index (χ0) is 14.3. The van der Waals surface area contributed by atoms with Crippen molar-refractivity contribution in [2.45, 2.75) is 0 Å². The van der Waals surface area contributed by atoms with Gasteiger partial charge in [-0.15, -0.1) is 0 Å². The van der Waals surface area contributed by atoms with Crippen LogP contribution in [-0.4, -0.2) is 39.2 Å². The summed E-state index contributed by atoms with van der Waals surface area (Å²) in [5.74, 6) is -0.241. The lowest BCUT2D eigenvalue weighted by Crippen LogP contribution is -2.24. The molecule has 20 heavy (non-hydrogen) atoms. The zero-order valence-electron chi connectivity index (χ0n) is 9.67. The van der Waals surface area contributed by atoms with E-state index in [2.05, 4.69) is 0 Å². The number of hydrazine groups is 1. The minimum absolute atomic E-state index is 0. The fourth-order valence-electron chi connectivity index (χ4n) is 1.10. The summed E-state index contributed by atoms with van der Waals surface area (Å²) >= 11 is 0. The smallest absolute Gasteiger partial charge is 0.192 e. The molecule has 104 valence electrons. The van der Waals surface area contributed by atoms with Crippen LogP contribution in [0.1, 0.15) is 0 Å². The number of carbonyl (C=O) groups excluding carboxylic acids is 2. The number of rotatable bonds is 2. The molecule has 1 aliphatic carbocycles.